The van der Waals surface area contributed by atoms with E-state index in [0.717, 1.165) is 43.6 Å². The van der Waals surface area contributed by atoms with Crippen molar-refractivity contribution in [1.82, 2.24) is 25.6 Å². The summed E-state index contributed by atoms with van der Waals surface area (Å²) < 4.78 is 5.34. The molecule has 0 radical (unpaired) electrons. The van der Waals surface area contributed by atoms with Gasteiger partial charge in [0.2, 0.25) is 0 Å². The summed E-state index contributed by atoms with van der Waals surface area (Å²) in [5, 5.41) is 10.7. The first-order valence-corrected chi connectivity index (χ1v) is 8.89. The van der Waals surface area contributed by atoms with Crippen molar-refractivity contribution in [2.75, 3.05) is 53.4 Å². The van der Waals surface area contributed by atoms with E-state index in [2.05, 4.69) is 51.5 Å². The quantitative estimate of drug-likeness (QED) is 0.599. The molecule has 1 fully saturated rings. The summed E-state index contributed by atoms with van der Waals surface area (Å²) in [7, 11) is 3.98. The van der Waals surface area contributed by atoms with Crippen LogP contribution in [0.3, 0.4) is 0 Å². The van der Waals surface area contributed by atoms with Crippen molar-refractivity contribution in [2.24, 2.45) is 4.99 Å². The highest BCUT2D eigenvalue weighted by molar-refractivity contribution is 5.79. The molecule has 0 bridgehead atoms. The minimum absolute atomic E-state index is 0.382. The van der Waals surface area contributed by atoms with Gasteiger partial charge < -0.3 is 25.0 Å². The van der Waals surface area contributed by atoms with Gasteiger partial charge in [-0.05, 0) is 32.5 Å². The van der Waals surface area contributed by atoms with Crippen LogP contribution in [-0.2, 0) is 6.54 Å². The Morgan fingerprint density at radius 2 is 2.12 bits per heavy atom. The third kappa shape index (κ3) is 6.13. The van der Waals surface area contributed by atoms with Crippen molar-refractivity contribution in [3.05, 3.63) is 17.5 Å². The largest absolute Gasteiger partial charge is 0.359 e. The second kappa shape index (κ2) is 9.64. The molecule has 1 saturated heterocycles. The number of aromatic nitrogens is 1. The van der Waals surface area contributed by atoms with Gasteiger partial charge in [0.15, 0.2) is 11.7 Å². The van der Waals surface area contributed by atoms with E-state index in [4.69, 9.17) is 4.52 Å². The zero-order chi connectivity index (χ0) is 17.4. The lowest BCUT2D eigenvalue weighted by Gasteiger charge is -2.20. The van der Waals surface area contributed by atoms with Crippen LogP contribution in [0.1, 0.15) is 37.6 Å². The van der Waals surface area contributed by atoms with Crippen molar-refractivity contribution < 1.29 is 4.52 Å². The minimum atomic E-state index is 0.382. The van der Waals surface area contributed by atoms with E-state index in [0.29, 0.717) is 12.5 Å². The third-order valence-corrected chi connectivity index (χ3v) is 4.35. The van der Waals surface area contributed by atoms with Crippen LogP contribution in [0.4, 0.5) is 0 Å². The maximum absolute atomic E-state index is 5.34. The van der Waals surface area contributed by atoms with Gasteiger partial charge in [-0.2, -0.15) is 0 Å². The Balaban J connectivity index is 1.68. The summed E-state index contributed by atoms with van der Waals surface area (Å²) in [6.45, 7) is 11.4. The molecule has 7 heteroatoms. The maximum Gasteiger partial charge on any atom is 0.191 e. The lowest BCUT2D eigenvalue weighted by Crippen LogP contribution is -2.42. The Kier molecular flexibility index (Phi) is 7.52. The molecule has 0 aliphatic carbocycles. The number of guanidine groups is 1. The minimum Gasteiger partial charge on any atom is -0.359 e. The second-order valence-corrected chi connectivity index (χ2v) is 6.72. The van der Waals surface area contributed by atoms with Crippen molar-refractivity contribution in [2.45, 2.75) is 32.7 Å². The molecule has 1 aliphatic heterocycles. The average molecular weight is 336 g/mol. The summed E-state index contributed by atoms with van der Waals surface area (Å²) in [6.07, 6.45) is 1.24. The van der Waals surface area contributed by atoms with Gasteiger partial charge >= 0.3 is 0 Å². The molecule has 0 atom stereocenters. The summed E-state index contributed by atoms with van der Waals surface area (Å²) in [5.74, 6) is 2.01. The van der Waals surface area contributed by atoms with Crippen LogP contribution in [0.2, 0.25) is 0 Å². The molecule has 1 aromatic heterocycles. The van der Waals surface area contributed by atoms with Crippen molar-refractivity contribution in [1.29, 1.82) is 0 Å². The Bertz CT molecular complexity index is 513. The highest BCUT2D eigenvalue weighted by atomic mass is 16.5. The van der Waals surface area contributed by atoms with Crippen LogP contribution in [0, 0.1) is 0 Å². The lowest BCUT2D eigenvalue weighted by atomic mass is 10.1. The van der Waals surface area contributed by atoms with Crippen LogP contribution in [0.25, 0.3) is 0 Å². The molecule has 2 rings (SSSR count). The van der Waals surface area contributed by atoms with E-state index < -0.39 is 0 Å². The number of hydrogen-bond donors (Lipinski definition) is 2. The smallest absolute Gasteiger partial charge is 0.191 e. The van der Waals surface area contributed by atoms with Gasteiger partial charge in [-0.3, -0.25) is 4.99 Å². The van der Waals surface area contributed by atoms with E-state index >= 15 is 0 Å². The molecule has 136 valence electrons. The molecule has 2 N–H and O–H groups in total. The van der Waals surface area contributed by atoms with Gasteiger partial charge in [-0.25, -0.2) is 0 Å². The van der Waals surface area contributed by atoms with Crippen LogP contribution in [-0.4, -0.2) is 74.3 Å². The topological polar surface area (TPSA) is 68.9 Å². The molecule has 0 spiro atoms. The van der Waals surface area contributed by atoms with E-state index in [1.54, 1.807) is 7.05 Å². The fourth-order valence-electron chi connectivity index (χ4n) is 2.73. The molecule has 0 saturated carbocycles. The van der Waals surface area contributed by atoms with Crippen LogP contribution < -0.4 is 10.6 Å². The Hall–Kier alpha value is -1.60. The van der Waals surface area contributed by atoms with E-state index in [1.807, 2.05) is 6.07 Å². The maximum atomic E-state index is 5.34. The zero-order valence-electron chi connectivity index (χ0n) is 15.5. The van der Waals surface area contributed by atoms with Gasteiger partial charge in [0.25, 0.3) is 0 Å². The Morgan fingerprint density at radius 3 is 2.83 bits per heavy atom. The second-order valence-electron chi connectivity index (χ2n) is 6.72. The molecule has 1 aromatic rings. The predicted octanol–water partition coefficient (Wildman–Crippen LogP) is 1.10. The van der Waals surface area contributed by atoms with Gasteiger partial charge in [0, 0.05) is 39.3 Å². The van der Waals surface area contributed by atoms with Crippen LogP contribution in [0.5, 0.6) is 0 Å². The third-order valence-electron chi connectivity index (χ3n) is 4.35. The summed E-state index contributed by atoms with van der Waals surface area (Å²) >= 11 is 0. The van der Waals surface area contributed by atoms with Crippen LogP contribution >= 0.6 is 0 Å². The first-order valence-electron chi connectivity index (χ1n) is 8.89. The fraction of sp³-hybridized carbons (Fsp3) is 0.765. The Morgan fingerprint density at radius 1 is 1.29 bits per heavy atom. The van der Waals surface area contributed by atoms with E-state index in [1.165, 1.54) is 19.5 Å². The molecule has 2 heterocycles. The van der Waals surface area contributed by atoms with Crippen molar-refractivity contribution in [3.8, 4) is 0 Å². The number of nitrogens with zero attached hydrogens (tertiary/aromatic N) is 4. The zero-order valence-corrected chi connectivity index (χ0v) is 15.5. The standard InChI is InChI=1S/C17H32N6O/c1-14(2)16-12-15(24-21-16)13-20-17(18-3)19-6-9-23-8-5-7-22(4)10-11-23/h12,14H,5-11,13H2,1-4H3,(H2,18,19,20). The number of hydrogen-bond acceptors (Lipinski definition) is 5. The molecule has 1 aliphatic rings. The number of nitrogens with one attached hydrogen (secondary N) is 2. The van der Waals surface area contributed by atoms with Crippen molar-refractivity contribution >= 4 is 5.96 Å². The number of likely N-dealkylation sites (N-methyl/N-ethyl adjacent to an activating group) is 1. The lowest BCUT2D eigenvalue weighted by molar-refractivity contribution is 0.280. The van der Waals surface area contributed by atoms with Gasteiger partial charge in [0.1, 0.15) is 0 Å². The fourth-order valence-corrected chi connectivity index (χ4v) is 2.73. The Labute approximate surface area is 145 Å². The summed E-state index contributed by atoms with van der Waals surface area (Å²) in [4.78, 5) is 9.17. The van der Waals surface area contributed by atoms with Crippen molar-refractivity contribution in [3.63, 3.8) is 0 Å². The van der Waals surface area contributed by atoms with Gasteiger partial charge in [0.05, 0.1) is 12.2 Å². The SMILES string of the molecule is CN=C(NCCN1CCCN(C)CC1)NCc1cc(C(C)C)no1. The number of aliphatic imine (C=N–C) groups is 1. The monoisotopic (exact) mass is 336 g/mol. The molecular weight excluding hydrogens is 304 g/mol. The first-order chi connectivity index (χ1) is 11.6. The summed E-state index contributed by atoms with van der Waals surface area (Å²) in [5.41, 5.74) is 0.987. The molecule has 0 unspecified atom stereocenters. The molecule has 0 aromatic carbocycles. The van der Waals surface area contributed by atoms with E-state index in [-0.39, 0.29) is 0 Å². The van der Waals surface area contributed by atoms with Gasteiger partial charge in [-0.15, -0.1) is 0 Å². The summed E-state index contributed by atoms with van der Waals surface area (Å²) in [6, 6.07) is 2.00. The molecule has 24 heavy (non-hydrogen) atoms. The van der Waals surface area contributed by atoms with E-state index in [9.17, 15) is 0 Å². The highest BCUT2D eigenvalue weighted by Crippen LogP contribution is 2.13. The molecular formula is C17H32N6O. The highest BCUT2D eigenvalue weighted by Gasteiger charge is 2.12. The van der Waals surface area contributed by atoms with Gasteiger partial charge in [-0.1, -0.05) is 19.0 Å². The molecule has 0 amide bonds. The predicted molar refractivity (Wildman–Crippen MR) is 97.3 cm³/mol. The normalized spacial score (nSPS) is 18.0. The average Bonchev–Trinajstić information content (AvgIpc) is 2.95. The van der Waals surface area contributed by atoms with Crippen LogP contribution in [0.15, 0.2) is 15.6 Å². The first kappa shape index (κ1) is 18.7. The number of rotatable bonds is 6. The molecule has 7 nitrogen and oxygen atoms in total.